The first kappa shape index (κ1) is 11.4. The van der Waals surface area contributed by atoms with E-state index < -0.39 is 0 Å². The van der Waals surface area contributed by atoms with Crippen molar-refractivity contribution in [2.24, 2.45) is 23.7 Å². The van der Waals surface area contributed by atoms with E-state index in [1.54, 1.807) is 0 Å². The van der Waals surface area contributed by atoms with Crippen LogP contribution in [0.15, 0.2) is 0 Å². The standard InChI is InChI=1S/C14H27N/c1-3-8-15-10-13-9-14(13)12-6-4-11(2)5-7-12/h11-15H,3-10H2,1-2H3. The molecule has 0 aliphatic heterocycles. The van der Waals surface area contributed by atoms with Gasteiger partial charge in [0.05, 0.1) is 0 Å². The summed E-state index contributed by atoms with van der Waals surface area (Å²) in [6.07, 6.45) is 8.84. The van der Waals surface area contributed by atoms with Crippen molar-refractivity contribution in [1.29, 1.82) is 0 Å². The molecule has 2 aliphatic carbocycles. The maximum absolute atomic E-state index is 3.57. The Balaban J connectivity index is 1.61. The van der Waals surface area contributed by atoms with Gasteiger partial charge in [0.15, 0.2) is 0 Å². The summed E-state index contributed by atoms with van der Waals surface area (Å²) in [5, 5.41) is 3.57. The van der Waals surface area contributed by atoms with E-state index in [0.717, 1.165) is 23.7 Å². The maximum atomic E-state index is 3.57. The monoisotopic (exact) mass is 209 g/mol. The van der Waals surface area contributed by atoms with Gasteiger partial charge in [-0.15, -0.1) is 0 Å². The lowest BCUT2D eigenvalue weighted by atomic mass is 9.80. The van der Waals surface area contributed by atoms with Gasteiger partial charge in [0.2, 0.25) is 0 Å². The van der Waals surface area contributed by atoms with Crippen LogP contribution in [-0.4, -0.2) is 13.1 Å². The highest BCUT2D eigenvalue weighted by molar-refractivity contribution is 4.93. The minimum Gasteiger partial charge on any atom is -0.316 e. The lowest BCUT2D eigenvalue weighted by Gasteiger charge is -2.26. The van der Waals surface area contributed by atoms with Crippen molar-refractivity contribution in [3.63, 3.8) is 0 Å². The van der Waals surface area contributed by atoms with Gasteiger partial charge in [0.25, 0.3) is 0 Å². The van der Waals surface area contributed by atoms with Crippen molar-refractivity contribution in [3.8, 4) is 0 Å². The molecule has 0 amide bonds. The highest BCUT2D eigenvalue weighted by atomic mass is 14.9. The second-order valence-electron chi connectivity index (χ2n) is 5.88. The summed E-state index contributed by atoms with van der Waals surface area (Å²) in [5.74, 6) is 4.24. The molecular weight excluding hydrogens is 182 g/mol. The van der Waals surface area contributed by atoms with Crippen LogP contribution in [-0.2, 0) is 0 Å². The summed E-state index contributed by atoms with van der Waals surface area (Å²) in [5.41, 5.74) is 0. The summed E-state index contributed by atoms with van der Waals surface area (Å²) >= 11 is 0. The van der Waals surface area contributed by atoms with Gasteiger partial charge in [-0.05, 0) is 62.4 Å². The van der Waals surface area contributed by atoms with E-state index in [2.05, 4.69) is 19.2 Å². The van der Waals surface area contributed by atoms with Crippen LogP contribution in [0.25, 0.3) is 0 Å². The van der Waals surface area contributed by atoms with Crippen molar-refractivity contribution in [2.75, 3.05) is 13.1 Å². The van der Waals surface area contributed by atoms with Crippen molar-refractivity contribution < 1.29 is 0 Å². The third kappa shape index (κ3) is 3.21. The third-order valence-electron chi connectivity index (χ3n) is 4.48. The topological polar surface area (TPSA) is 12.0 Å². The molecule has 0 spiro atoms. The van der Waals surface area contributed by atoms with Crippen LogP contribution in [0.3, 0.4) is 0 Å². The zero-order chi connectivity index (χ0) is 10.7. The number of hydrogen-bond donors (Lipinski definition) is 1. The van der Waals surface area contributed by atoms with Crippen LogP contribution in [0, 0.1) is 23.7 Å². The predicted octanol–water partition coefficient (Wildman–Crippen LogP) is 3.45. The molecule has 0 bridgehead atoms. The fourth-order valence-electron chi connectivity index (χ4n) is 3.26. The maximum Gasteiger partial charge on any atom is -0.00177 e. The molecule has 15 heavy (non-hydrogen) atoms. The molecule has 1 heteroatoms. The van der Waals surface area contributed by atoms with Crippen molar-refractivity contribution in [2.45, 2.75) is 52.4 Å². The molecule has 0 aromatic carbocycles. The zero-order valence-electron chi connectivity index (χ0n) is 10.5. The van der Waals surface area contributed by atoms with Gasteiger partial charge >= 0.3 is 0 Å². The van der Waals surface area contributed by atoms with Crippen LogP contribution >= 0.6 is 0 Å². The Kier molecular flexibility index (Phi) is 4.07. The molecule has 2 atom stereocenters. The number of nitrogens with one attached hydrogen (secondary N) is 1. The SMILES string of the molecule is CCCNCC1CC1C1CCC(C)CC1. The highest BCUT2D eigenvalue weighted by Gasteiger charge is 2.42. The minimum absolute atomic E-state index is 1.01. The van der Waals surface area contributed by atoms with Gasteiger partial charge in [-0.1, -0.05) is 26.7 Å². The first-order valence-corrected chi connectivity index (χ1v) is 7.02. The first-order valence-electron chi connectivity index (χ1n) is 7.02. The van der Waals surface area contributed by atoms with Crippen LogP contribution in [0.4, 0.5) is 0 Å². The average molecular weight is 209 g/mol. The van der Waals surface area contributed by atoms with Crippen molar-refractivity contribution in [1.82, 2.24) is 5.32 Å². The predicted molar refractivity (Wildman–Crippen MR) is 65.9 cm³/mol. The first-order chi connectivity index (χ1) is 7.31. The van der Waals surface area contributed by atoms with Gasteiger partial charge in [-0.2, -0.15) is 0 Å². The van der Waals surface area contributed by atoms with Crippen LogP contribution < -0.4 is 5.32 Å². The van der Waals surface area contributed by atoms with Crippen molar-refractivity contribution >= 4 is 0 Å². The molecule has 1 nitrogen and oxygen atoms in total. The quantitative estimate of drug-likeness (QED) is 0.684. The molecular formula is C14H27N. The molecule has 2 aliphatic rings. The number of rotatable bonds is 5. The normalized spacial score (nSPS) is 40.4. The smallest absolute Gasteiger partial charge is 0.00177 e. The van der Waals surface area contributed by atoms with Crippen molar-refractivity contribution in [3.05, 3.63) is 0 Å². The van der Waals surface area contributed by atoms with E-state index in [1.807, 2.05) is 0 Å². The van der Waals surface area contributed by atoms with Gasteiger partial charge in [0, 0.05) is 0 Å². The van der Waals surface area contributed by atoms with E-state index in [-0.39, 0.29) is 0 Å². The van der Waals surface area contributed by atoms with Crippen LogP contribution in [0.5, 0.6) is 0 Å². The second-order valence-corrected chi connectivity index (χ2v) is 5.88. The van der Waals surface area contributed by atoms with E-state index in [4.69, 9.17) is 0 Å². The average Bonchev–Trinajstić information content (AvgIpc) is 2.99. The summed E-state index contributed by atoms with van der Waals surface area (Å²) < 4.78 is 0. The lowest BCUT2D eigenvalue weighted by molar-refractivity contribution is 0.256. The van der Waals surface area contributed by atoms with Gasteiger partial charge in [-0.3, -0.25) is 0 Å². The minimum atomic E-state index is 1.01. The second kappa shape index (κ2) is 5.34. The molecule has 0 saturated heterocycles. The molecule has 0 aromatic rings. The van der Waals surface area contributed by atoms with Gasteiger partial charge in [-0.25, -0.2) is 0 Å². The lowest BCUT2D eigenvalue weighted by Crippen LogP contribution is -2.20. The van der Waals surface area contributed by atoms with Gasteiger partial charge in [0.1, 0.15) is 0 Å². The molecule has 0 radical (unpaired) electrons. The Morgan fingerprint density at radius 2 is 1.87 bits per heavy atom. The summed E-state index contributed by atoms with van der Waals surface area (Å²) in [7, 11) is 0. The Hall–Kier alpha value is -0.0400. The third-order valence-corrected chi connectivity index (χ3v) is 4.48. The molecule has 0 aromatic heterocycles. The molecule has 1 N–H and O–H groups in total. The van der Waals surface area contributed by atoms with E-state index in [9.17, 15) is 0 Å². The summed E-state index contributed by atoms with van der Waals surface area (Å²) in [4.78, 5) is 0. The van der Waals surface area contributed by atoms with E-state index in [1.165, 1.54) is 51.6 Å². The Morgan fingerprint density at radius 3 is 2.53 bits per heavy atom. The largest absolute Gasteiger partial charge is 0.316 e. The van der Waals surface area contributed by atoms with E-state index in [0.29, 0.717) is 0 Å². The van der Waals surface area contributed by atoms with Crippen LogP contribution in [0.1, 0.15) is 52.4 Å². The Bertz CT molecular complexity index is 182. The fraction of sp³-hybridized carbons (Fsp3) is 1.00. The molecule has 2 rings (SSSR count). The highest BCUT2D eigenvalue weighted by Crippen LogP contribution is 2.49. The Labute approximate surface area is 95.0 Å². The molecule has 88 valence electrons. The van der Waals surface area contributed by atoms with Crippen LogP contribution in [0.2, 0.25) is 0 Å². The number of hydrogen-bond acceptors (Lipinski definition) is 1. The molecule has 2 fully saturated rings. The van der Waals surface area contributed by atoms with Gasteiger partial charge < -0.3 is 5.32 Å². The molecule has 0 heterocycles. The summed E-state index contributed by atoms with van der Waals surface area (Å²) in [6.45, 7) is 7.18. The zero-order valence-corrected chi connectivity index (χ0v) is 10.5. The summed E-state index contributed by atoms with van der Waals surface area (Å²) in [6, 6.07) is 0. The molecule has 2 saturated carbocycles. The Morgan fingerprint density at radius 1 is 1.13 bits per heavy atom. The van der Waals surface area contributed by atoms with E-state index >= 15 is 0 Å². The fourth-order valence-corrected chi connectivity index (χ4v) is 3.26. The molecule has 2 unspecified atom stereocenters.